The predicted octanol–water partition coefficient (Wildman–Crippen LogP) is 2.84. The zero-order valence-corrected chi connectivity index (χ0v) is 10.6. The molecule has 2 saturated carbocycles. The van der Waals surface area contributed by atoms with Crippen LogP contribution in [-0.4, -0.2) is 21.0 Å². The summed E-state index contributed by atoms with van der Waals surface area (Å²) in [6.07, 6.45) is 12.4. The van der Waals surface area contributed by atoms with Crippen molar-refractivity contribution in [2.45, 2.75) is 64.0 Å². The second-order valence-electron chi connectivity index (χ2n) is 6.01. The van der Waals surface area contributed by atoms with E-state index in [1.807, 2.05) is 6.20 Å². The first-order valence-corrected chi connectivity index (χ1v) is 6.88. The molecule has 2 fully saturated rings. The van der Waals surface area contributed by atoms with Gasteiger partial charge < -0.3 is 5.11 Å². The van der Waals surface area contributed by atoms with E-state index in [2.05, 4.69) is 22.9 Å². The molecule has 0 aliphatic heterocycles. The van der Waals surface area contributed by atoms with E-state index in [0.29, 0.717) is 11.5 Å². The summed E-state index contributed by atoms with van der Waals surface area (Å²) < 4.78 is 2.13. The molecule has 0 aromatic carbocycles. The molecule has 1 aromatic heterocycles. The molecule has 1 N–H and O–H groups in total. The van der Waals surface area contributed by atoms with Gasteiger partial charge in [-0.2, -0.15) is 5.10 Å². The van der Waals surface area contributed by atoms with Gasteiger partial charge in [0.25, 0.3) is 0 Å². The van der Waals surface area contributed by atoms with Crippen molar-refractivity contribution in [3.8, 4) is 0 Å². The quantitative estimate of drug-likeness (QED) is 0.811. The number of aryl methyl sites for hydroxylation is 1. The van der Waals surface area contributed by atoms with Crippen molar-refractivity contribution in [1.29, 1.82) is 0 Å². The number of aliphatic hydroxyl groups excluding tert-OH is 1. The second-order valence-corrected chi connectivity index (χ2v) is 6.01. The van der Waals surface area contributed by atoms with Crippen LogP contribution in [0.15, 0.2) is 12.4 Å². The molecule has 0 bridgehead atoms. The van der Waals surface area contributed by atoms with Crippen LogP contribution in [0.5, 0.6) is 0 Å². The summed E-state index contributed by atoms with van der Waals surface area (Å²) >= 11 is 0. The minimum absolute atomic E-state index is 0.129. The monoisotopic (exact) mass is 234 g/mol. The van der Waals surface area contributed by atoms with Crippen molar-refractivity contribution < 1.29 is 5.11 Å². The van der Waals surface area contributed by atoms with Gasteiger partial charge in [-0.25, -0.2) is 0 Å². The summed E-state index contributed by atoms with van der Waals surface area (Å²) in [5.74, 6) is 0. The summed E-state index contributed by atoms with van der Waals surface area (Å²) in [6, 6.07) is 0.419. The van der Waals surface area contributed by atoms with E-state index in [-0.39, 0.29) is 6.10 Å². The molecule has 0 amide bonds. The van der Waals surface area contributed by atoms with Gasteiger partial charge in [-0.05, 0) is 50.0 Å². The van der Waals surface area contributed by atoms with Crippen LogP contribution in [0.4, 0.5) is 0 Å². The summed E-state index contributed by atoms with van der Waals surface area (Å²) in [7, 11) is 0. The molecule has 0 radical (unpaired) electrons. The molecule has 2 aliphatic rings. The summed E-state index contributed by atoms with van der Waals surface area (Å²) in [4.78, 5) is 0. The molecule has 2 atom stereocenters. The number of aromatic nitrogens is 2. The fraction of sp³-hybridized carbons (Fsp3) is 0.786. The van der Waals surface area contributed by atoms with E-state index >= 15 is 0 Å². The Hall–Kier alpha value is -0.830. The Morgan fingerprint density at radius 2 is 2.12 bits per heavy atom. The Bertz CT molecular complexity index is 393. The van der Waals surface area contributed by atoms with Crippen LogP contribution in [0.2, 0.25) is 0 Å². The standard InChI is InChI=1S/C14H22N2O/c1-11-9-15-16(10-11)13-8-12(17)4-7-14(13)5-2-3-6-14/h9-10,12-13,17H,2-8H2,1H3. The average Bonchev–Trinajstić information content (AvgIpc) is 2.93. The lowest BCUT2D eigenvalue weighted by molar-refractivity contribution is 0.0124. The highest BCUT2D eigenvalue weighted by atomic mass is 16.3. The van der Waals surface area contributed by atoms with Crippen molar-refractivity contribution >= 4 is 0 Å². The Morgan fingerprint density at radius 3 is 2.76 bits per heavy atom. The van der Waals surface area contributed by atoms with Gasteiger partial charge in [0.15, 0.2) is 0 Å². The van der Waals surface area contributed by atoms with Gasteiger partial charge in [0.05, 0.1) is 18.3 Å². The van der Waals surface area contributed by atoms with Crippen molar-refractivity contribution in [3.05, 3.63) is 18.0 Å². The molecular formula is C14H22N2O. The van der Waals surface area contributed by atoms with Crippen LogP contribution in [0.1, 0.15) is 56.6 Å². The van der Waals surface area contributed by atoms with Crippen LogP contribution < -0.4 is 0 Å². The van der Waals surface area contributed by atoms with Crippen molar-refractivity contribution in [3.63, 3.8) is 0 Å². The van der Waals surface area contributed by atoms with E-state index in [4.69, 9.17) is 0 Å². The van der Waals surface area contributed by atoms with Gasteiger partial charge in [0.2, 0.25) is 0 Å². The molecule has 3 heteroatoms. The normalized spacial score (nSPS) is 32.1. The largest absolute Gasteiger partial charge is 0.393 e. The molecule has 1 aromatic rings. The van der Waals surface area contributed by atoms with E-state index in [9.17, 15) is 5.11 Å². The Balaban J connectivity index is 1.92. The molecule has 0 saturated heterocycles. The first-order chi connectivity index (χ1) is 8.20. The molecule has 94 valence electrons. The van der Waals surface area contributed by atoms with Crippen LogP contribution in [0, 0.1) is 12.3 Å². The highest BCUT2D eigenvalue weighted by molar-refractivity contribution is 5.05. The topological polar surface area (TPSA) is 38.0 Å². The lowest BCUT2D eigenvalue weighted by atomic mass is 9.68. The van der Waals surface area contributed by atoms with Gasteiger partial charge in [-0.1, -0.05) is 12.8 Å². The van der Waals surface area contributed by atoms with Gasteiger partial charge in [-0.3, -0.25) is 4.68 Å². The molecule has 3 nitrogen and oxygen atoms in total. The van der Waals surface area contributed by atoms with Gasteiger partial charge >= 0.3 is 0 Å². The summed E-state index contributed by atoms with van der Waals surface area (Å²) in [6.45, 7) is 2.09. The Labute approximate surface area is 103 Å². The maximum Gasteiger partial charge on any atom is 0.0600 e. The van der Waals surface area contributed by atoms with Crippen LogP contribution in [-0.2, 0) is 0 Å². The number of nitrogens with zero attached hydrogens (tertiary/aromatic N) is 2. The highest BCUT2D eigenvalue weighted by Gasteiger charge is 2.46. The number of rotatable bonds is 1. The fourth-order valence-electron chi connectivity index (χ4n) is 3.90. The third kappa shape index (κ3) is 1.90. The van der Waals surface area contributed by atoms with E-state index in [0.717, 1.165) is 12.8 Å². The lowest BCUT2D eigenvalue weighted by Gasteiger charge is -2.43. The molecule has 2 unspecified atom stereocenters. The molecule has 1 spiro atoms. The number of hydrogen-bond donors (Lipinski definition) is 1. The van der Waals surface area contributed by atoms with Gasteiger partial charge in [0.1, 0.15) is 0 Å². The maximum absolute atomic E-state index is 9.95. The third-order valence-corrected chi connectivity index (χ3v) is 4.83. The Morgan fingerprint density at radius 1 is 1.35 bits per heavy atom. The minimum Gasteiger partial charge on any atom is -0.393 e. The van der Waals surface area contributed by atoms with E-state index in [1.54, 1.807) is 0 Å². The zero-order valence-electron chi connectivity index (χ0n) is 10.6. The fourth-order valence-corrected chi connectivity index (χ4v) is 3.90. The first-order valence-electron chi connectivity index (χ1n) is 6.88. The van der Waals surface area contributed by atoms with Crippen LogP contribution in [0.25, 0.3) is 0 Å². The molecule has 3 rings (SSSR count). The predicted molar refractivity (Wildman–Crippen MR) is 66.8 cm³/mol. The van der Waals surface area contributed by atoms with Crippen LogP contribution >= 0.6 is 0 Å². The zero-order chi connectivity index (χ0) is 11.9. The van der Waals surface area contributed by atoms with Gasteiger partial charge in [-0.15, -0.1) is 0 Å². The maximum atomic E-state index is 9.95. The molecule has 1 heterocycles. The molecule has 2 aliphatic carbocycles. The van der Waals surface area contributed by atoms with Crippen molar-refractivity contribution in [1.82, 2.24) is 9.78 Å². The highest BCUT2D eigenvalue weighted by Crippen LogP contribution is 2.54. The van der Waals surface area contributed by atoms with E-state index < -0.39 is 0 Å². The summed E-state index contributed by atoms with van der Waals surface area (Å²) in [5.41, 5.74) is 1.65. The Kier molecular flexibility index (Phi) is 2.74. The average molecular weight is 234 g/mol. The first kappa shape index (κ1) is 11.3. The smallest absolute Gasteiger partial charge is 0.0600 e. The van der Waals surface area contributed by atoms with Crippen molar-refractivity contribution in [2.24, 2.45) is 5.41 Å². The van der Waals surface area contributed by atoms with Crippen molar-refractivity contribution in [2.75, 3.05) is 0 Å². The van der Waals surface area contributed by atoms with E-state index in [1.165, 1.54) is 37.7 Å². The SMILES string of the molecule is Cc1cnn(C2CC(O)CCC23CCCC3)c1. The minimum atomic E-state index is -0.129. The van der Waals surface area contributed by atoms with Crippen LogP contribution in [0.3, 0.4) is 0 Å². The molecule has 17 heavy (non-hydrogen) atoms. The number of aliphatic hydroxyl groups is 1. The number of hydrogen-bond acceptors (Lipinski definition) is 2. The lowest BCUT2D eigenvalue weighted by Crippen LogP contribution is -2.38. The van der Waals surface area contributed by atoms with Gasteiger partial charge in [0, 0.05) is 6.20 Å². The third-order valence-electron chi connectivity index (χ3n) is 4.83. The summed E-state index contributed by atoms with van der Waals surface area (Å²) in [5, 5.41) is 14.4. The molecular weight excluding hydrogens is 212 g/mol. The second kappa shape index (κ2) is 4.13.